The number of fused-ring (bicyclic) bond motifs is 1. The van der Waals surface area contributed by atoms with E-state index in [1.807, 2.05) is 30.3 Å². The lowest BCUT2D eigenvalue weighted by Crippen LogP contribution is -2.02. The molecule has 0 aliphatic rings. The largest absolute Gasteiger partial charge is 0.490 e. The summed E-state index contributed by atoms with van der Waals surface area (Å²) < 4.78 is 33.9. The van der Waals surface area contributed by atoms with E-state index in [1.54, 1.807) is 24.5 Å². The fourth-order valence-electron chi connectivity index (χ4n) is 4.19. The number of halogens is 2. The molecule has 1 heterocycles. The van der Waals surface area contributed by atoms with E-state index in [0.717, 1.165) is 35.2 Å². The van der Waals surface area contributed by atoms with Gasteiger partial charge in [0.2, 0.25) is 0 Å². The van der Waals surface area contributed by atoms with Gasteiger partial charge in [0.1, 0.15) is 17.5 Å². The predicted molar refractivity (Wildman–Crippen MR) is 137 cm³/mol. The molecule has 0 spiro atoms. The van der Waals surface area contributed by atoms with Gasteiger partial charge >= 0.3 is 0 Å². The number of nitrogens with zero attached hydrogens (tertiary/aromatic N) is 2. The van der Waals surface area contributed by atoms with Gasteiger partial charge in [-0.05, 0) is 59.9 Å². The summed E-state index contributed by atoms with van der Waals surface area (Å²) >= 11 is 0. The molecule has 35 heavy (non-hydrogen) atoms. The lowest BCUT2D eigenvalue weighted by atomic mass is 9.98. The zero-order valence-corrected chi connectivity index (χ0v) is 20.3. The zero-order valence-electron chi connectivity index (χ0n) is 20.3. The number of benzene rings is 3. The molecule has 1 aromatic heterocycles. The molecule has 3 nitrogen and oxygen atoms in total. The normalized spacial score (nSPS) is 11.2. The highest BCUT2D eigenvalue weighted by Crippen LogP contribution is 2.24. The molecule has 0 aliphatic heterocycles. The third-order valence-electron chi connectivity index (χ3n) is 6.28. The van der Waals surface area contributed by atoms with Gasteiger partial charge in [-0.25, -0.2) is 18.7 Å². The molecule has 0 saturated heterocycles. The highest BCUT2D eigenvalue weighted by molar-refractivity contribution is 5.84. The number of rotatable bonds is 12. The molecule has 0 bridgehead atoms. The number of hydrogen-bond donors (Lipinski definition) is 0. The van der Waals surface area contributed by atoms with Gasteiger partial charge in [-0.15, -0.1) is 0 Å². The molecule has 4 aromatic rings. The van der Waals surface area contributed by atoms with Crippen LogP contribution in [-0.4, -0.2) is 16.6 Å². The fraction of sp³-hybridized carbons (Fsp3) is 0.333. The first-order valence-corrected chi connectivity index (χ1v) is 12.5. The van der Waals surface area contributed by atoms with Crippen LogP contribution in [0.15, 0.2) is 67.0 Å². The summed E-state index contributed by atoms with van der Waals surface area (Å²) in [4.78, 5) is 8.86. The van der Waals surface area contributed by atoms with Crippen molar-refractivity contribution >= 4 is 10.8 Å². The number of hydrogen-bond acceptors (Lipinski definition) is 3. The van der Waals surface area contributed by atoms with Crippen molar-refractivity contribution in [2.24, 2.45) is 0 Å². The third kappa shape index (κ3) is 7.08. The lowest BCUT2D eigenvalue weighted by molar-refractivity contribution is 0.302. The van der Waals surface area contributed by atoms with Crippen molar-refractivity contribution < 1.29 is 13.5 Å². The number of ether oxygens (including phenoxy) is 1. The first-order valence-electron chi connectivity index (χ1n) is 12.5. The summed E-state index contributed by atoms with van der Waals surface area (Å²) in [5.74, 6) is 1.05. The fourth-order valence-corrected chi connectivity index (χ4v) is 4.19. The van der Waals surface area contributed by atoms with Crippen molar-refractivity contribution in [2.75, 3.05) is 6.61 Å². The van der Waals surface area contributed by atoms with Crippen LogP contribution in [0.4, 0.5) is 8.78 Å². The summed E-state index contributed by atoms with van der Waals surface area (Å²) in [5, 5.41) is 1.51. The van der Waals surface area contributed by atoms with Crippen LogP contribution in [0.5, 0.6) is 5.75 Å². The first-order chi connectivity index (χ1) is 17.1. The topological polar surface area (TPSA) is 35.0 Å². The Labute approximate surface area is 206 Å². The molecule has 4 rings (SSSR count). The summed E-state index contributed by atoms with van der Waals surface area (Å²) in [6, 6.07) is 16.1. The van der Waals surface area contributed by atoms with Crippen LogP contribution in [0.2, 0.25) is 0 Å². The summed E-state index contributed by atoms with van der Waals surface area (Å²) in [7, 11) is 0. The Morgan fingerprint density at radius 1 is 0.743 bits per heavy atom. The van der Waals surface area contributed by atoms with Gasteiger partial charge in [0.05, 0.1) is 19.0 Å². The van der Waals surface area contributed by atoms with Crippen LogP contribution < -0.4 is 4.74 Å². The van der Waals surface area contributed by atoms with Gasteiger partial charge in [-0.2, -0.15) is 0 Å². The van der Waals surface area contributed by atoms with Crippen LogP contribution in [0, 0.1) is 11.6 Å². The van der Waals surface area contributed by atoms with E-state index in [-0.39, 0.29) is 11.6 Å². The second-order valence-corrected chi connectivity index (χ2v) is 8.96. The van der Waals surface area contributed by atoms with Crippen molar-refractivity contribution in [2.45, 2.75) is 58.3 Å². The molecule has 0 radical (unpaired) electrons. The molecule has 0 N–H and O–H groups in total. The van der Waals surface area contributed by atoms with Crippen molar-refractivity contribution in [3.8, 4) is 5.75 Å². The van der Waals surface area contributed by atoms with E-state index in [0.29, 0.717) is 42.6 Å². The Bertz CT molecular complexity index is 1220. The molecule has 3 aromatic carbocycles. The predicted octanol–water partition coefficient (Wildman–Crippen LogP) is 7.44. The summed E-state index contributed by atoms with van der Waals surface area (Å²) in [6.45, 7) is 2.89. The summed E-state index contributed by atoms with van der Waals surface area (Å²) in [5.41, 5.74) is 2.79. The van der Waals surface area contributed by atoms with Crippen molar-refractivity contribution in [3.05, 3.63) is 101 Å². The maximum Gasteiger partial charge on any atom is 0.155 e. The second kappa shape index (κ2) is 12.4. The van der Waals surface area contributed by atoms with E-state index in [9.17, 15) is 4.39 Å². The van der Waals surface area contributed by atoms with Gasteiger partial charge in [0.15, 0.2) is 5.75 Å². The van der Waals surface area contributed by atoms with Crippen LogP contribution in [0.3, 0.4) is 0 Å². The monoisotopic (exact) mass is 474 g/mol. The molecular weight excluding hydrogens is 442 g/mol. The van der Waals surface area contributed by atoms with E-state index >= 15 is 4.39 Å². The Hall–Kier alpha value is -3.34. The average Bonchev–Trinajstić information content (AvgIpc) is 2.88. The van der Waals surface area contributed by atoms with Gasteiger partial charge < -0.3 is 4.74 Å². The van der Waals surface area contributed by atoms with Crippen molar-refractivity contribution in [1.82, 2.24) is 9.97 Å². The van der Waals surface area contributed by atoms with E-state index in [4.69, 9.17) is 4.74 Å². The highest BCUT2D eigenvalue weighted by Gasteiger charge is 2.09. The van der Waals surface area contributed by atoms with E-state index in [1.165, 1.54) is 31.4 Å². The molecule has 0 amide bonds. The van der Waals surface area contributed by atoms with Crippen molar-refractivity contribution in [3.63, 3.8) is 0 Å². The van der Waals surface area contributed by atoms with Gasteiger partial charge in [-0.3, -0.25) is 0 Å². The average molecular weight is 475 g/mol. The Balaban J connectivity index is 1.32. The minimum atomic E-state index is -0.257. The number of unbranched alkanes of at least 4 members (excludes halogenated alkanes) is 3. The lowest BCUT2D eigenvalue weighted by Gasteiger charge is -2.09. The van der Waals surface area contributed by atoms with Crippen LogP contribution in [0.25, 0.3) is 10.8 Å². The number of aromatic nitrogens is 2. The molecule has 5 heteroatoms. The first kappa shape index (κ1) is 24.8. The third-order valence-corrected chi connectivity index (χ3v) is 6.28. The Morgan fingerprint density at radius 2 is 1.49 bits per heavy atom. The second-order valence-electron chi connectivity index (χ2n) is 8.96. The smallest absolute Gasteiger partial charge is 0.155 e. The molecule has 182 valence electrons. The highest BCUT2D eigenvalue weighted by atomic mass is 19.1. The van der Waals surface area contributed by atoms with Gasteiger partial charge in [-0.1, -0.05) is 68.7 Å². The minimum absolute atomic E-state index is 0.176. The maximum atomic E-state index is 15.1. The van der Waals surface area contributed by atoms with Gasteiger partial charge in [0.25, 0.3) is 0 Å². The van der Waals surface area contributed by atoms with Gasteiger partial charge in [0, 0.05) is 11.8 Å². The van der Waals surface area contributed by atoms with Crippen LogP contribution >= 0.6 is 0 Å². The molecule has 0 unspecified atom stereocenters. The SMILES string of the molecule is CCCCCCOc1cnc(CCc2ccc3c(F)c(CCc4ccc(F)cc4)ccc3c2)nc1. The number of aryl methyl sites for hydroxylation is 4. The zero-order chi connectivity index (χ0) is 24.5. The molecule has 0 fully saturated rings. The molecule has 0 atom stereocenters. The van der Waals surface area contributed by atoms with Crippen LogP contribution in [0.1, 0.15) is 55.1 Å². The minimum Gasteiger partial charge on any atom is -0.490 e. The quantitative estimate of drug-likeness (QED) is 0.200. The standard InChI is InChI=1S/C30H32F2N2O/c1-2-3-4-5-18-35-27-20-33-29(34-21-27)17-10-23-9-16-28-25(19-23)13-12-24(30(28)32)11-6-22-7-14-26(31)15-8-22/h7-9,12-16,19-21H,2-6,10-11,17-18H2,1H3. The van der Waals surface area contributed by atoms with Crippen LogP contribution in [-0.2, 0) is 25.7 Å². The van der Waals surface area contributed by atoms with E-state index in [2.05, 4.69) is 16.9 Å². The molecule has 0 saturated carbocycles. The van der Waals surface area contributed by atoms with E-state index < -0.39 is 0 Å². The molecular formula is C30H32F2N2O. The molecule has 0 aliphatic carbocycles. The Kier molecular flexibility index (Phi) is 8.77. The maximum absolute atomic E-state index is 15.1. The Morgan fingerprint density at radius 3 is 2.26 bits per heavy atom. The van der Waals surface area contributed by atoms with Crippen molar-refractivity contribution in [1.29, 1.82) is 0 Å². The summed E-state index contributed by atoms with van der Waals surface area (Å²) in [6.07, 6.45) is 10.9.